The first-order valence-corrected chi connectivity index (χ1v) is 6.39. The molecule has 0 aliphatic carbocycles. The zero-order chi connectivity index (χ0) is 15.3. The molecular formula is C13H20N2O5. The molecule has 7 nitrogen and oxygen atoms in total. The number of carboxylic acid groups (broad SMARTS) is 2. The summed E-state index contributed by atoms with van der Waals surface area (Å²) < 4.78 is 0. The number of likely N-dealkylation sites (N-methyl/N-ethyl adjacent to an activating group) is 1. The molecule has 2 amide bonds. The predicted octanol–water partition coefficient (Wildman–Crippen LogP) is 0.722. The summed E-state index contributed by atoms with van der Waals surface area (Å²) in [4.78, 5) is 36.7. The Kier molecular flexibility index (Phi) is 5.54. The molecule has 7 heteroatoms. The van der Waals surface area contributed by atoms with Crippen molar-refractivity contribution in [3.63, 3.8) is 0 Å². The molecule has 2 N–H and O–H groups in total. The van der Waals surface area contributed by atoms with Gasteiger partial charge in [-0.05, 0) is 11.8 Å². The van der Waals surface area contributed by atoms with Crippen molar-refractivity contribution < 1.29 is 24.6 Å². The summed E-state index contributed by atoms with van der Waals surface area (Å²) in [7, 11) is 1.63. The SMILES string of the molecule is C=CCN(C)C(=O)N1C[C@@H](CC(=O)O)[C@H](CC(=O)O)C1. The van der Waals surface area contributed by atoms with E-state index in [1.54, 1.807) is 13.1 Å². The third-order valence-corrected chi connectivity index (χ3v) is 3.45. The molecule has 112 valence electrons. The van der Waals surface area contributed by atoms with E-state index in [1.807, 2.05) is 0 Å². The highest BCUT2D eigenvalue weighted by Gasteiger charge is 2.38. The van der Waals surface area contributed by atoms with Crippen molar-refractivity contribution in [2.24, 2.45) is 11.8 Å². The number of rotatable bonds is 6. The Labute approximate surface area is 117 Å². The van der Waals surface area contributed by atoms with Gasteiger partial charge in [0.05, 0.1) is 12.8 Å². The van der Waals surface area contributed by atoms with E-state index in [4.69, 9.17) is 10.2 Å². The van der Waals surface area contributed by atoms with E-state index < -0.39 is 11.9 Å². The molecule has 0 radical (unpaired) electrons. The Hall–Kier alpha value is -2.05. The van der Waals surface area contributed by atoms with Crippen molar-refractivity contribution in [3.8, 4) is 0 Å². The van der Waals surface area contributed by atoms with Gasteiger partial charge in [0, 0.05) is 26.7 Å². The van der Waals surface area contributed by atoms with Crippen molar-refractivity contribution >= 4 is 18.0 Å². The molecule has 1 fully saturated rings. The fraction of sp³-hybridized carbons (Fsp3) is 0.615. The second-order valence-electron chi connectivity index (χ2n) is 5.07. The Morgan fingerprint density at radius 1 is 1.20 bits per heavy atom. The maximum Gasteiger partial charge on any atom is 0.320 e. The summed E-state index contributed by atoms with van der Waals surface area (Å²) in [6.07, 6.45) is 1.36. The molecule has 0 saturated carbocycles. The molecule has 0 aromatic heterocycles. The number of nitrogens with zero attached hydrogens (tertiary/aromatic N) is 2. The van der Waals surface area contributed by atoms with Crippen LogP contribution in [-0.4, -0.2) is 64.7 Å². The van der Waals surface area contributed by atoms with E-state index in [9.17, 15) is 14.4 Å². The van der Waals surface area contributed by atoms with Crippen LogP contribution in [0.5, 0.6) is 0 Å². The molecule has 0 aromatic rings. The predicted molar refractivity (Wildman–Crippen MR) is 71.3 cm³/mol. The van der Waals surface area contributed by atoms with Gasteiger partial charge >= 0.3 is 18.0 Å². The van der Waals surface area contributed by atoms with Crippen LogP contribution < -0.4 is 0 Å². The van der Waals surface area contributed by atoms with E-state index in [2.05, 4.69) is 6.58 Å². The van der Waals surface area contributed by atoms with Gasteiger partial charge in [-0.15, -0.1) is 6.58 Å². The summed E-state index contributed by atoms with van der Waals surface area (Å²) in [6.45, 7) is 4.51. The molecule has 1 aliphatic heterocycles. The minimum absolute atomic E-state index is 0.118. The highest BCUT2D eigenvalue weighted by molar-refractivity contribution is 5.75. The van der Waals surface area contributed by atoms with Crippen LogP contribution in [0, 0.1) is 11.8 Å². The molecule has 1 aliphatic rings. The number of urea groups is 1. The molecule has 1 saturated heterocycles. The highest BCUT2D eigenvalue weighted by Crippen LogP contribution is 2.29. The van der Waals surface area contributed by atoms with Crippen LogP contribution in [0.15, 0.2) is 12.7 Å². The number of amides is 2. The van der Waals surface area contributed by atoms with Crippen molar-refractivity contribution in [2.75, 3.05) is 26.7 Å². The van der Waals surface area contributed by atoms with E-state index >= 15 is 0 Å². The number of carbonyl (C=O) groups excluding carboxylic acids is 1. The van der Waals surface area contributed by atoms with Gasteiger partial charge in [0.15, 0.2) is 0 Å². The molecule has 0 spiro atoms. The lowest BCUT2D eigenvalue weighted by molar-refractivity contribution is -0.141. The lowest BCUT2D eigenvalue weighted by Crippen LogP contribution is -2.40. The molecular weight excluding hydrogens is 264 g/mol. The Morgan fingerprint density at radius 3 is 2.00 bits per heavy atom. The van der Waals surface area contributed by atoms with E-state index in [0.29, 0.717) is 6.54 Å². The second-order valence-corrected chi connectivity index (χ2v) is 5.07. The molecule has 1 heterocycles. The molecule has 0 unspecified atom stereocenters. The lowest BCUT2D eigenvalue weighted by Gasteiger charge is -2.23. The number of carbonyl (C=O) groups is 3. The fourth-order valence-electron chi connectivity index (χ4n) is 2.52. The molecule has 0 bridgehead atoms. The van der Waals surface area contributed by atoms with Crippen LogP contribution >= 0.6 is 0 Å². The minimum Gasteiger partial charge on any atom is -0.481 e. The molecule has 0 aromatic carbocycles. The first kappa shape index (κ1) is 16.0. The number of hydrogen-bond acceptors (Lipinski definition) is 3. The molecule has 20 heavy (non-hydrogen) atoms. The second kappa shape index (κ2) is 6.93. The van der Waals surface area contributed by atoms with Gasteiger partial charge in [-0.3, -0.25) is 9.59 Å². The Morgan fingerprint density at radius 2 is 1.65 bits per heavy atom. The topological polar surface area (TPSA) is 98.2 Å². The third-order valence-electron chi connectivity index (χ3n) is 3.45. The Balaban J connectivity index is 2.72. The first-order chi connectivity index (χ1) is 9.35. The zero-order valence-electron chi connectivity index (χ0n) is 11.5. The number of aliphatic carboxylic acids is 2. The summed E-state index contributed by atoms with van der Waals surface area (Å²) in [5, 5.41) is 17.7. The van der Waals surface area contributed by atoms with E-state index in [1.165, 1.54) is 9.80 Å². The summed E-state index contributed by atoms with van der Waals surface area (Å²) in [6, 6.07) is -0.229. The van der Waals surface area contributed by atoms with Gasteiger partial charge in [0.2, 0.25) is 0 Å². The Bertz CT molecular complexity index is 386. The third kappa shape index (κ3) is 4.25. The monoisotopic (exact) mass is 284 g/mol. The van der Waals surface area contributed by atoms with Gasteiger partial charge in [0.1, 0.15) is 0 Å². The first-order valence-electron chi connectivity index (χ1n) is 6.39. The van der Waals surface area contributed by atoms with Crippen molar-refractivity contribution in [3.05, 3.63) is 12.7 Å². The van der Waals surface area contributed by atoms with Gasteiger partial charge < -0.3 is 20.0 Å². The molecule has 1 rings (SSSR count). The normalized spacial score (nSPS) is 21.6. The van der Waals surface area contributed by atoms with Crippen molar-refractivity contribution in [2.45, 2.75) is 12.8 Å². The largest absolute Gasteiger partial charge is 0.481 e. The van der Waals surface area contributed by atoms with Crippen LogP contribution in [0.25, 0.3) is 0 Å². The van der Waals surface area contributed by atoms with Crippen LogP contribution in [0.3, 0.4) is 0 Å². The number of hydrogen-bond donors (Lipinski definition) is 2. The van der Waals surface area contributed by atoms with E-state index in [0.717, 1.165) is 0 Å². The van der Waals surface area contributed by atoms with Crippen LogP contribution in [0.4, 0.5) is 4.79 Å². The fourth-order valence-corrected chi connectivity index (χ4v) is 2.52. The van der Waals surface area contributed by atoms with E-state index in [-0.39, 0.29) is 43.8 Å². The summed E-state index contributed by atoms with van der Waals surface area (Å²) in [5.41, 5.74) is 0. The minimum atomic E-state index is -0.973. The smallest absolute Gasteiger partial charge is 0.320 e. The maximum absolute atomic E-state index is 12.1. The summed E-state index contributed by atoms with van der Waals surface area (Å²) in [5.74, 6) is -2.58. The van der Waals surface area contributed by atoms with Gasteiger partial charge in [-0.2, -0.15) is 0 Å². The van der Waals surface area contributed by atoms with Crippen LogP contribution in [0.1, 0.15) is 12.8 Å². The van der Waals surface area contributed by atoms with Gasteiger partial charge in [-0.25, -0.2) is 4.79 Å². The highest BCUT2D eigenvalue weighted by atomic mass is 16.4. The van der Waals surface area contributed by atoms with Crippen LogP contribution in [-0.2, 0) is 9.59 Å². The van der Waals surface area contributed by atoms with Gasteiger partial charge in [0.25, 0.3) is 0 Å². The standard InChI is InChI=1S/C13H20N2O5/c1-3-4-14(2)13(20)15-7-9(5-11(16)17)10(8-15)6-12(18)19/h3,9-10H,1,4-8H2,2H3,(H,16,17)(H,18,19)/t9-,10-/m1/s1. The van der Waals surface area contributed by atoms with Crippen molar-refractivity contribution in [1.29, 1.82) is 0 Å². The van der Waals surface area contributed by atoms with Gasteiger partial charge in [-0.1, -0.05) is 6.08 Å². The maximum atomic E-state index is 12.1. The van der Waals surface area contributed by atoms with Crippen molar-refractivity contribution in [1.82, 2.24) is 9.80 Å². The van der Waals surface area contributed by atoms with Crippen LogP contribution in [0.2, 0.25) is 0 Å². The quantitative estimate of drug-likeness (QED) is 0.700. The number of carboxylic acids is 2. The lowest BCUT2D eigenvalue weighted by atomic mass is 9.90. The summed E-state index contributed by atoms with van der Waals surface area (Å²) >= 11 is 0. The number of likely N-dealkylation sites (tertiary alicyclic amines) is 1. The zero-order valence-corrected chi connectivity index (χ0v) is 11.5. The molecule has 2 atom stereocenters. The average molecular weight is 284 g/mol. The average Bonchev–Trinajstić information content (AvgIpc) is 2.70.